The van der Waals surface area contributed by atoms with Crippen LogP contribution in [0.1, 0.15) is 24.8 Å². The fourth-order valence-electron chi connectivity index (χ4n) is 2.33. The van der Waals surface area contributed by atoms with Crippen LogP contribution in [-0.4, -0.2) is 38.7 Å². The molecular formula is C16H25NO2S. The maximum Gasteiger partial charge on any atom is 0.0587 e. The van der Waals surface area contributed by atoms with E-state index < -0.39 is 0 Å². The molecule has 1 aromatic rings. The summed E-state index contributed by atoms with van der Waals surface area (Å²) in [7, 11) is 1.73. The van der Waals surface area contributed by atoms with Crippen molar-refractivity contribution in [1.29, 1.82) is 0 Å². The molecule has 1 unspecified atom stereocenters. The monoisotopic (exact) mass is 295 g/mol. The Balaban J connectivity index is 1.68. The first-order valence-corrected chi connectivity index (χ1v) is 8.40. The van der Waals surface area contributed by atoms with Crippen molar-refractivity contribution in [1.82, 2.24) is 5.32 Å². The van der Waals surface area contributed by atoms with Crippen molar-refractivity contribution in [3.63, 3.8) is 0 Å². The van der Waals surface area contributed by atoms with Gasteiger partial charge in [-0.1, -0.05) is 12.1 Å². The lowest BCUT2D eigenvalue weighted by Crippen LogP contribution is -2.18. The molecule has 0 aliphatic carbocycles. The first kappa shape index (κ1) is 15.8. The average Bonchev–Trinajstić information content (AvgIpc) is 2.97. The molecule has 1 heterocycles. The van der Waals surface area contributed by atoms with Gasteiger partial charge in [0.2, 0.25) is 0 Å². The first-order valence-electron chi connectivity index (χ1n) is 7.41. The van der Waals surface area contributed by atoms with Crippen molar-refractivity contribution < 1.29 is 9.47 Å². The van der Waals surface area contributed by atoms with Gasteiger partial charge in [-0.3, -0.25) is 0 Å². The summed E-state index contributed by atoms with van der Waals surface area (Å²) in [6.07, 6.45) is 4.14. The minimum absolute atomic E-state index is 0.501. The fourth-order valence-corrected chi connectivity index (χ4v) is 3.36. The molecule has 0 aromatic heterocycles. The summed E-state index contributed by atoms with van der Waals surface area (Å²) in [5, 5.41) is 3.38. The topological polar surface area (TPSA) is 30.5 Å². The smallest absolute Gasteiger partial charge is 0.0587 e. The van der Waals surface area contributed by atoms with E-state index in [1.807, 2.05) is 11.8 Å². The highest BCUT2D eigenvalue weighted by Gasteiger charge is 2.14. The van der Waals surface area contributed by atoms with Crippen molar-refractivity contribution in [2.75, 3.05) is 32.6 Å². The number of hydrogen-bond donors (Lipinski definition) is 1. The van der Waals surface area contributed by atoms with Gasteiger partial charge in [-0.25, -0.2) is 0 Å². The van der Waals surface area contributed by atoms with Crippen molar-refractivity contribution in [2.45, 2.75) is 36.8 Å². The van der Waals surface area contributed by atoms with Crippen LogP contribution in [0.25, 0.3) is 0 Å². The number of benzene rings is 1. The van der Waals surface area contributed by atoms with Crippen LogP contribution in [0.15, 0.2) is 29.2 Å². The molecule has 0 amide bonds. The Morgan fingerprint density at radius 3 is 3.20 bits per heavy atom. The van der Waals surface area contributed by atoms with Gasteiger partial charge < -0.3 is 14.8 Å². The second kappa shape index (κ2) is 9.40. The molecule has 1 aromatic carbocycles. The summed E-state index contributed by atoms with van der Waals surface area (Å²) in [5.74, 6) is 1.14. The Morgan fingerprint density at radius 1 is 1.45 bits per heavy atom. The first-order chi connectivity index (χ1) is 9.88. The van der Waals surface area contributed by atoms with Crippen LogP contribution in [0.4, 0.5) is 0 Å². The molecule has 2 rings (SSSR count). The van der Waals surface area contributed by atoms with Gasteiger partial charge in [-0.05, 0) is 37.0 Å². The summed E-state index contributed by atoms with van der Waals surface area (Å²) in [4.78, 5) is 1.36. The van der Waals surface area contributed by atoms with E-state index in [-0.39, 0.29) is 0 Å². The van der Waals surface area contributed by atoms with Gasteiger partial charge in [0.05, 0.1) is 12.7 Å². The maximum absolute atomic E-state index is 5.66. The molecule has 1 atom stereocenters. The third kappa shape index (κ3) is 5.83. The second-order valence-corrected chi connectivity index (χ2v) is 6.26. The van der Waals surface area contributed by atoms with Crippen LogP contribution >= 0.6 is 11.8 Å². The zero-order valence-corrected chi connectivity index (χ0v) is 13.1. The molecule has 4 heteroatoms. The van der Waals surface area contributed by atoms with Crippen LogP contribution in [0.5, 0.6) is 0 Å². The SMILES string of the molecule is COCCNCc1cccc(SCCC2CCCO2)c1. The highest BCUT2D eigenvalue weighted by atomic mass is 32.2. The highest BCUT2D eigenvalue weighted by Crippen LogP contribution is 2.23. The van der Waals surface area contributed by atoms with Crippen molar-refractivity contribution in [3.05, 3.63) is 29.8 Å². The van der Waals surface area contributed by atoms with Crippen LogP contribution in [-0.2, 0) is 16.0 Å². The third-order valence-corrected chi connectivity index (χ3v) is 4.47. The van der Waals surface area contributed by atoms with Crippen LogP contribution in [0.2, 0.25) is 0 Å². The van der Waals surface area contributed by atoms with Crippen molar-refractivity contribution >= 4 is 11.8 Å². The standard InChI is InChI=1S/C16H25NO2S/c1-18-10-8-17-13-14-4-2-6-16(12-14)20-11-7-15-5-3-9-19-15/h2,4,6,12,15,17H,3,5,7-11,13H2,1H3. The normalized spacial score (nSPS) is 18.6. The molecule has 0 radical (unpaired) electrons. The molecule has 1 aliphatic rings. The van der Waals surface area contributed by atoms with Gasteiger partial charge in [0.15, 0.2) is 0 Å². The van der Waals surface area contributed by atoms with Gasteiger partial charge in [0.1, 0.15) is 0 Å². The molecule has 0 spiro atoms. The maximum atomic E-state index is 5.66. The average molecular weight is 295 g/mol. The lowest BCUT2D eigenvalue weighted by Gasteiger charge is -2.09. The Bertz CT molecular complexity index is 380. The predicted octanol–water partition coefficient (Wildman–Crippen LogP) is 3.08. The van der Waals surface area contributed by atoms with E-state index in [4.69, 9.17) is 9.47 Å². The molecule has 0 saturated carbocycles. The highest BCUT2D eigenvalue weighted by molar-refractivity contribution is 7.99. The predicted molar refractivity (Wildman–Crippen MR) is 84.3 cm³/mol. The molecule has 1 N–H and O–H groups in total. The zero-order chi connectivity index (χ0) is 14.0. The van der Waals surface area contributed by atoms with E-state index >= 15 is 0 Å². The summed E-state index contributed by atoms with van der Waals surface area (Å²) < 4.78 is 10.7. The fraction of sp³-hybridized carbons (Fsp3) is 0.625. The van der Waals surface area contributed by atoms with Gasteiger partial charge >= 0.3 is 0 Å². The van der Waals surface area contributed by atoms with Crippen molar-refractivity contribution in [2.24, 2.45) is 0 Å². The third-order valence-electron chi connectivity index (χ3n) is 3.44. The van der Waals surface area contributed by atoms with Crippen molar-refractivity contribution in [3.8, 4) is 0 Å². The van der Waals surface area contributed by atoms with Crippen LogP contribution in [0.3, 0.4) is 0 Å². The zero-order valence-electron chi connectivity index (χ0n) is 12.3. The summed E-state index contributed by atoms with van der Waals surface area (Å²) in [6, 6.07) is 8.78. The Labute approximate surface area is 126 Å². The molecule has 1 fully saturated rings. The minimum atomic E-state index is 0.501. The molecule has 112 valence electrons. The molecule has 1 aliphatic heterocycles. The number of methoxy groups -OCH3 is 1. The molecule has 1 saturated heterocycles. The van der Waals surface area contributed by atoms with Gasteiger partial charge in [0, 0.05) is 37.5 Å². The molecular weight excluding hydrogens is 270 g/mol. The number of hydrogen-bond acceptors (Lipinski definition) is 4. The molecule has 20 heavy (non-hydrogen) atoms. The van der Waals surface area contributed by atoms with E-state index in [2.05, 4.69) is 29.6 Å². The lowest BCUT2D eigenvalue weighted by molar-refractivity contribution is 0.109. The lowest BCUT2D eigenvalue weighted by atomic mass is 10.2. The molecule has 3 nitrogen and oxygen atoms in total. The summed E-state index contributed by atoms with van der Waals surface area (Å²) in [6.45, 7) is 3.52. The quantitative estimate of drug-likeness (QED) is 0.560. The van der Waals surface area contributed by atoms with Crippen LogP contribution in [0, 0.1) is 0 Å². The number of ether oxygens (including phenoxy) is 2. The number of nitrogens with one attached hydrogen (secondary N) is 1. The van der Waals surface area contributed by atoms with E-state index in [0.29, 0.717) is 6.10 Å². The van der Waals surface area contributed by atoms with Gasteiger partial charge in [-0.15, -0.1) is 11.8 Å². The van der Waals surface area contributed by atoms with Crippen LogP contribution < -0.4 is 5.32 Å². The minimum Gasteiger partial charge on any atom is -0.383 e. The second-order valence-electron chi connectivity index (χ2n) is 5.09. The Morgan fingerprint density at radius 2 is 2.40 bits per heavy atom. The summed E-state index contributed by atoms with van der Waals surface area (Å²) >= 11 is 1.93. The number of rotatable bonds is 9. The van der Waals surface area contributed by atoms with E-state index in [1.54, 1.807) is 7.11 Å². The van der Waals surface area contributed by atoms with E-state index in [9.17, 15) is 0 Å². The van der Waals surface area contributed by atoms with E-state index in [0.717, 1.165) is 32.1 Å². The Hall–Kier alpha value is -0.550. The Kier molecular flexibility index (Phi) is 7.44. The number of thioether (sulfide) groups is 1. The van der Waals surface area contributed by atoms with Gasteiger partial charge in [-0.2, -0.15) is 0 Å². The van der Waals surface area contributed by atoms with Gasteiger partial charge in [0.25, 0.3) is 0 Å². The molecule has 0 bridgehead atoms. The van der Waals surface area contributed by atoms with E-state index in [1.165, 1.54) is 29.7 Å². The largest absolute Gasteiger partial charge is 0.383 e. The summed E-state index contributed by atoms with van der Waals surface area (Å²) in [5.41, 5.74) is 1.34.